The quantitative estimate of drug-likeness (QED) is 0.620. The number of aromatic nitrogens is 3. The van der Waals surface area contributed by atoms with Crippen LogP contribution in [0, 0.1) is 0 Å². The SMILES string of the molecule is O=C(NNc1ncnc2ccccc12)c1ccc[nH]1. The van der Waals surface area contributed by atoms with Crippen LogP contribution in [0.5, 0.6) is 0 Å². The number of rotatable bonds is 3. The highest BCUT2D eigenvalue weighted by molar-refractivity contribution is 5.94. The van der Waals surface area contributed by atoms with Gasteiger partial charge >= 0.3 is 0 Å². The zero-order valence-electron chi connectivity index (χ0n) is 9.92. The van der Waals surface area contributed by atoms with Crippen LogP contribution in [0.1, 0.15) is 10.5 Å². The van der Waals surface area contributed by atoms with E-state index in [4.69, 9.17) is 0 Å². The highest BCUT2D eigenvalue weighted by Crippen LogP contribution is 2.17. The second-order valence-corrected chi connectivity index (χ2v) is 3.90. The minimum Gasteiger partial charge on any atom is -0.357 e. The number of amides is 1. The van der Waals surface area contributed by atoms with Gasteiger partial charge in [0.2, 0.25) is 0 Å². The summed E-state index contributed by atoms with van der Waals surface area (Å²) in [7, 11) is 0. The number of benzene rings is 1. The maximum atomic E-state index is 11.8. The van der Waals surface area contributed by atoms with Crippen LogP contribution in [0.25, 0.3) is 10.9 Å². The number of anilines is 1. The summed E-state index contributed by atoms with van der Waals surface area (Å²) in [4.78, 5) is 22.9. The Bertz CT molecular complexity index is 703. The number of carbonyl (C=O) groups excluding carboxylic acids is 1. The number of para-hydroxylation sites is 1. The van der Waals surface area contributed by atoms with Gasteiger partial charge in [-0.2, -0.15) is 0 Å². The Labute approximate surface area is 108 Å². The standard InChI is InChI=1S/C13H11N5O/c19-13(11-6-3-7-14-11)18-17-12-9-4-1-2-5-10(9)15-8-16-12/h1-8,14H,(H,18,19)(H,15,16,17). The van der Waals surface area contributed by atoms with Crippen LogP contribution < -0.4 is 10.9 Å². The minimum absolute atomic E-state index is 0.257. The van der Waals surface area contributed by atoms with Crippen molar-refractivity contribution in [2.24, 2.45) is 0 Å². The summed E-state index contributed by atoms with van der Waals surface area (Å²) in [5.74, 6) is 0.304. The van der Waals surface area contributed by atoms with Crippen molar-refractivity contribution in [2.75, 3.05) is 5.43 Å². The van der Waals surface area contributed by atoms with E-state index in [0.717, 1.165) is 10.9 Å². The molecule has 6 nitrogen and oxygen atoms in total. The maximum Gasteiger partial charge on any atom is 0.286 e. The van der Waals surface area contributed by atoms with Gasteiger partial charge in [0.25, 0.3) is 5.91 Å². The molecule has 0 saturated heterocycles. The van der Waals surface area contributed by atoms with Gasteiger partial charge in [-0.05, 0) is 24.3 Å². The average Bonchev–Trinajstić information content (AvgIpc) is 2.99. The number of hydrogen-bond donors (Lipinski definition) is 3. The highest BCUT2D eigenvalue weighted by atomic mass is 16.2. The Hall–Kier alpha value is -2.89. The first-order valence-corrected chi connectivity index (χ1v) is 5.74. The lowest BCUT2D eigenvalue weighted by Gasteiger charge is -2.08. The van der Waals surface area contributed by atoms with Crippen LogP contribution in [0.4, 0.5) is 5.82 Å². The Morgan fingerprint density at radius 3 is 2.84 bits per heavy atom. The van der Waals surface area contributed by atoms with E-state index in [1.807, 2.05) is 24.3 Å². The molecule has 0 spiro atoms. The normalized spacial score (nSPS) is 10.3. The fraction of sp³-hybridized carbons (Fsp3) is 0. The molecule has 3 N–H and O–H groups in total. The molecule has 0 aliphatic rings. The average molecular weight is 253 g/mol. The largest absolute Gasteiger partial charge is 0.357 e. The monoisotopic (exact) mass is 253 g/mol. The first kappa shape index (κ1) is 11.2. The molecule has 0 radical (unpaired) electrons. The summed E-state index contributed by atoms with van der Waals surface area (Å²) in [6.45, 7) is 0. The minimum atomic E-state index is -0.257. The molecule has 0 atom stereocenters. The van der Waals surface area contributed by atoms with E-state index >= 15 is 0 Å². The van der Waals surface area contributed by atoms with Crippen molar-refractivity contribution < 1.29 is 4.79 Å². The summed E-state index contributed by atoms with van der Waals surface area (Å²) in [6.07, 6.45) is 3.14. The first-order chi connectivity index (χ1) is 9.34. The molecule has 0 aliphatic carbocycles. The van der Waals surface area contributed by atoms with E-state index in [9.17, 15) is 4.79 Å². The van der Waals surface area contributed by atoms with Crippen LogP contribution in [0.15, 0.2) is 48.9 Å². The Morgan fingerprint density at radius 1 is 1.11 bits per heavy atom. The van der Waals surface area contributed by atoms with Gasteiger partial charge in [-0.25, -0.2) is 9.97 Å². The Balaban J connectivity index is 1.81. The zero-order valence-corrected chi connectivity index (χ0v) is 9.92. The number of fused-ring (bicyclic) bond motifs is 1. The molecular formula is C13H11N5O. The van der Waals surface area contributed by atoms with E-state index in [2.05, 4.69) is 25.8 Å². The fourth-order valence-corrected chi connectivity index (χ4v) is 1.76. The fourth-order valence-electron chi connectivity index (χ4n) is 1.76. The van der Waals surface area contributed by atoms with Crippen LogP contribution in [0.3, 0.4) is 0 Å². The summed E-state index contributed by atoms with van der Waals surface area (Å²) in [5.41, 5.74) is 6.68. The topological polar surface area (TPSA) is 82.7 Å². The number of nitrogens with one attached hydrogen (secondary N) is 3. The van der Waals surface area contributed by atoms with Gasteiger partial charge < -0.3 is 4.98 Å². The zero-order chi connectivity index (χ0) is 13.1. The van der Waals surface area contributed by atoms with E-state index in [-0.39, 0.29) is 5.91 Å². The number of nitrogens with zero attached hydrogens (tertiary/aromatic N) is 2. The Morgan fingerprint density at radius 2 is 2.00 bits per heavy atom. The number of hydrazine groups is 1. The second-order valence-electron chi connectivity index (χ2n) is 3.90. The molecule has 19 heavy (non-hydrogen) atoms. The summed E-state index contributed by atoms with van der Waals surface area (Å²) in [6, 6.07) is 11.0. The van der Waals surface area contributed by atoms with Gasteiger partial charge in [0, 0.05) is 11.6 Å². The Kier molecular flexibility index (Phi) is 2.82. The molecule has 2 heterocycles. The second kappa shape index (κ2) is 4.77. The highest BCUT2D eigenvalue weighted by Gasteiger charge is 2.07. The third-order valence-corrected chi connectivity index (χ3v) is 2.68. The third kappa shape index (κ3) is 2.23. The van der Waals surface area contributed by atoms with Crippen molar-refractivity contribution in [3.8, 4) is 0 Å². The van der Waals surface area contributed by atoms with E-state index < -0.39 is 0 Å². The third-order valence-electron chi connectivity index (χ3n) is 2.68. The van der Waals surface area contributed by atoms with Crippen LogP contribution in [-0.4, -0.2) is 20.9 Å². The smallest absolute Gasteiger partial charge is 0.286 e. The van der Waals surface area contributed by atoms with Crippen molar-refractivity contribution in [1.29, 1.82) is 0 Å². The molecule has 3 rings (SSSR count). The molecule has 3 aromatic rings. The molecular weight excluding hydrogens is 242 g/mol. The number of hydrogen-bond acceptors (Lipinski definition) is 4. The van der Waals surface area contributed by atoms with Gasteiger partial charge in [-0.1, -0.05) is 12.1 Å². The van der Waals surface area contributed by atoms with Gasteiger partial charge in [-0.15, -0.1) is 0 Å². The molecule has 6 heteroatoms. The number of H-pyrrole nitrogens is 1. The molecule has 0 fully saturated rings. The first-order valence-electron chi connectivity index (χ1n) is 5.74. The lowest BCUT2D eigenvalue weighted by Crippen LogP contribution is -2.30. The van der Waals surface area contributed by atoms with Crippen molar-refractivity contribution in [2.45, 2.75) is 0 Å². The van der Waals surface area contributed by atoms with E-state index in [0.29, 0.717) is 11.5 Å². The molecule has 0 bridgehead atoms. The summed E-state index contributed by atoms with van der Waals surface area (Å²) in [5, 5.41) is 0.844. The van der Waals surface area contributed by atoms with E-state index in [1.54, 1.807) is 18.3 Å². The molecule has 1 amide bonds. The van der Waals surface area contributed by atoms with Gasteiger partial charge in [-0.3, -0.25) is 15.6 Å². The van der Waals surface area contributed by atoms with E-state index in [1.165, 1.54) is 6.33 Å². The molecule has 0 unspecified atom stereocenters. The van der Waals surface area contributed by atoms with Crippen LogP contribution in [0.2, 0.25) is 0 Å². The summed E-state index contributed by atoms with van der Waals surface area (Å²) >= 11 is 0. The van der Waals surface area contributed by atoms with Crippen LogP contribution in [-0.2, 0) is 0 Å². The number of aromatic amines is 1. The summed E-state index contributed by atoms with van der Waals surface area (Å²) < 4.78 is 0. The van der Waals surface area contributed by atoms with Crippen LogP contribution >= 0.6 is 0 Å². The van der Waals surface area contributed by atoms with Crippen molar-refractivity contribution in [1.82, 2.24) is 20.4 Å². The molecule has 0 aliphatic heterocycles. The van der Waals surface area contributed by atoms with Crippen molar-refractivity contribution >= 4 is 22.6 Å². The van der Waals surface area contributed by atoms with Gasteiger partial charge in [0.1, 0.15) is 12.0 Å². The lowest BCUT2D eigenvalue weighted by molar-refractivity contribution is 0.0958. The maximum absolute atomic E-state index is 11.8. The molecule has 0 saturated carbocycles. The van der Waals surface area contributed by atoms with Gasteiger partial charge in [0.05, 0.1) is 5.52 Å². The molecule has 94 valence electrons. The molecule has 1 aromatic carbocycles. The predicted molar refractivity (Wildman–Crippen MR) is 71.4 cm³/mol. The lowest BCUT2D eigenvalue weighted by atomic mass is 10.2. The van der Waals surface area contributed by atoms with Crippen molar-refractivity contribution in [3.05, 3.63) is 54.6 Å². The van der Waals surface area contributed by atoms with Gasteiger partial charge in [0.15, 0.2) is 5.82 Å². The molecule has 2 aromatic heterocycles. The number of carbonyl (C=O) groups is 1. The van der Waals surface area contributed by atoms with Crippen molar-refractivity contribution in [3.63, 3.8) is 0 Å². The predicted octanol–water partition coefficient (Wildman–Crippen LogP) is 1.71.